The van der Waals surface area contributed by atoms with Crippen molar-refractivity contribution in [3.05, 3.63) is 95.1 Å². The molecule has 2 aliphatic rings. The molecule has 172 valence electrons. The van der Waals surface area contributed by atoms with Crippen molar-refractivity contribution in [1.82, 2.24) is 19.6 Å². The van der Waals surface area contributed by atoms with Crippen LogP contribution in [0.3, 0.4) is 0 Å². The number of allylic oxidation sites excluding steroid dienone is 2. The van der Waals surface area contributed by atoms with Gasteiger partial charge in [0, 0.05) is 28.7 Å². The fraction of sp³-hybridized carbons (Fsp3) is 0.250. The molecule has 2 aliphatic carbocycles. The molecule has 4 aromatic rings. The number of aromatic nitrogens is 4. The van der Waals surface area contributed by atoms with Gasteiger partial charge in [0.05, 0.1) is 35.2 Å². The number of nitrogens with zero attached hydrogens (tertiary/aromatic N) is 5. The second-order valence-corrected chi connectivity index (χ2v) is 9.51. The van der Waals surface area contributed by atoms with Gasteiger partial charge < -0.3 is 4.79 Å². The fourth-order valence-corrected chi connectivity index (χ4v) is 5.85. The van der Waals surface area contributed by atoms with Crippen LogP contribution in [-0.2, 0) is 16.6 Å². The van der Waals surface area contributed by atoms with Crippen molar-refractivity contribution >= 4 is 11.3 Å². The van der Waals surface area contributed by atoms with E-state index in [1.165, 1.54) is 6.07 Å². The minimum atomic E-state index is -0.651. The second-order valence-electron chi connectivity index (χ2n) is 9.51. The molecule has 6 nitrogen and oxygen atoms in total. The fourth-order valence-electron chi connectivity index (χ4n) is 5.85. The van der Waals surface area contributed by atoms with E-state index >= 15 is 4.39 Å². The zero-order valence-corrected chi connectivity index (χ0v) is 19.4. The summed E-state index contributed by atoms with van der Waals surface area (Å²) in [5.41, 5.74) is 3.68. The van der Waals surface area contributed by atoms with Crippen molar-refractivity contribution in [2.24, 2.45) is 11.8 Å². The minimum absolute atomic E-state index is 0.00636. The molecule has 1 aromatic carbocycles. The number of halogens is 1. The molecule has 0 bridgehead atoms. The molecule has 3 atom stereocenters. The standard InChI is InChI=1S/C28H22FN5O/c1-16-20-12-11-18-24(17-8-4-5-9-21(17)29)32-27(19-15-31-34-13-7-6-10-23(19)34)33-26(18)28(20,2)14-22(30-3)25(16)35/h4-10,13-16,20H,11-12H2,1-2H3/t16-,20-,28-/m1/s1. The van der Waals surface area contributed by atoms with Crippen LogP contribution in [0.15, 0.2) is 66.6 Å². The lowest BCUT2D eigenvalue weighted by Crippen LogP contribution is -2.46. The Hall–Kier alpha value is -4.18. The van der Waals surface area contributed by atoms with Crippen LogP contribution >= 0.6 is 0 Å². The SMILES string of the molecule is [C-]#[N+]C1=C[C@@]2(C)c3nc(-c4cnn5ccccc45)nc(-c4ccccc4F)c3CC[C@@H]2[C@@H](C)C1=O. The lowest BCUT2D eigenvalue weighted by molar-refractivity contribution is -0.121. The van der Waals surface area contributed by atoms with E-state index in [-0.39, 0.29) is 29.1 Å². The molecule has 0 saturated heterocycles. The summed E-state index contributed by atoms with van der Waals surface area (Å²) in [6.07, 6.45) is 6.72. The van der Waals surface area contributed by atoms with Crippen LogP contribution in [0.25, 0.3) is 33.0 Å². The number of carbonyl (C=O) groups excluding carboxylic acids is 1. The van der Waals surface area contributed by atoms with Crippen molar-refractivity contribution in [1.29, 1.82) is 0 Å². The van der Waals surface area contributed by atoms with Gasteiger partial charge in [0.25, 0.3) is 0 Å². The Morgan fingerprint density at radius 1 is 1.14 bits per heavy atom. The first kappa shape index (κ1) is 21.4. The second kappa shape index (κ2) is 7.67. The van der Waals surface area contributed by atoms with E-state index < -0.39 is 5.41 Å². The largest absolute Gasteiger partial charge is 0.308 e. The summed E-state index contributed by atoms with van der Waals surface area (Å²) in [6, 6.07) is 12.4. The van der Waals surface area contributed by atoms with Gasteiger partial charge >= 0.3 is 0 Å². The highest BCUT2D eigenvalue weighted by molar-refractivity contribution is 6.00. The quantitative estimate of drug-likeness (QED) is 0.372. The summed E-state index contributed by atoms with van der Waals surface area (Å²) in [7, 11) is 0. The molecule has 7 heteroatoms. The monoisotopic (exact) mass is 463 g/mol. The number of ketones is 1. The molecule has 0 unspecified atom stereocenters. The van der Waals surface area contributed by atoms with Crippen molar-refractivity contribution in [3.63, 3.8) is 0 Å². The van der Waals surface area contributed by atoms with Gasteiger partial charge in [0.1, 0.15) is 5.82 Å². The predicted molar refractivity (Wildman–Crippen MR) is 130 cm³/mol. The third kappa shape index (κ3) is 3.06. The molecule has 6 rings (SSSR count). The molecule has 0 N–H and O–H groups in total. The first-order valence-electron chi connectivity index (χ1n) is 11.7. The molecular formula is C28H22FN5O. The van der Waals surface area contributed by atoms with Gasteiger partial charge in [0.15, 0.2) is 11.6 Å². The maximum absolute atomic E-state index is 15.1. The highest BCUT2D eigenvalue weighted by atomic mass is 19.1. The molecule has 0 radical (unpaired) electrons. The molecule has 3 aromatic heterocycles. The number of benzene rings is 1. The minimum Gasteiger partial charge on any atom is -0.308 e. The number of rotatable bonds is 2. The Labute approximate surface area is 202 Å². The third-order valence-electron chi connectivity index (χ3n) is 7.62. The Morgan fingerprint density at radius 2 is 1.94 bits per heavy atom. The van der Waals surface area contributed by atoms with E-state index in [1.54, 1.807) is 35.0 Å². The van der Waals surface area contributed by atoms with Crippen LogP contribution in [0.4, 0.5) is 4.39 Å². The number of hydrogen-bond donors (Lipinski definition) is 0. The number of Topliss-reactive ketones (excluding diaryl/α,β-unsaturated/α-hetero) is 1. The lowest BCUT2D eigenvalue weighted by Gasteiger charge is -2.46. The van der Waals surface area contributed by atoms with Crippen molar-refractivity contribution < 1.29 is 9.18 Å². The first-order chi connectivity index (χ1) is 16.9. The summed E-state index contributed by atoms with van der Waals surface area (Å²) >= 11 is 0. The smallest absolute Gasteiger partial charge is 0.226 e. The van der Waals surface area contributed by atoms with E-state index in [0.717, 1.165) is 28.8 Å². The van der Waals surface area contributed by atoms with Crippen LogP contribution in [-0.4, -0.2) is 25.4 Å². The average Bonchev–Trinajstić information content (AvgIpc) is 3.30. The molecule has 35 heavy (non-hydrogen) atoms. The van der Waals surface area contributed by atoms with Gasteiger partial charge in [-0.3, -0.25) is 0 Å². The summed E-state index contributed by atoms with van der Waals surface area (Å²) < 4.78 is 16.8. The normalized spacial score (nSPS) is 23.4. The number of pyridine rings is 1. The Kier molecular flexibility index (Phi) is 4.68. The Bertz CT molecular complexity index is 1600. The number of fused-ring (bicyclic) bond motifs is 4. The highest BCUT2D eigenvalue weighted by Gasteiger charge is 2.49. The Balaban J connectivity index is 1.68. The molecule has 0 saturated carbocycles. The molecule has 3 heterocycles. The van der Waals surface area contributed by atoms with E-state index in [0.29, 0.717) is 23.5 Å². The highest BCUT2D eigenvalue weighted by Crippen LogP contribution is 2.51. The van der Waals surface area contributed by atoms with Gasteiger partial charge in [-0.05, 0) is 43.0 Å². The summed E-state index contributed by atoms with van der Waals surface area (Å²) in [6.45, 7) is 11.5. The van der Waals surface area contributed by atoms with Crippen LogP contribution in [0.1, 0.15) is 31.5 Å². The maximum atomic E-state index is 15.1. The molecule has 0 aliphatic heterocycles. The van der Waals surface area contributed by atoms with Gasteiger partial charge in [-0.2, -0.15) is 5.10 Å². The van der Waals surface area contributed by atoms with Crippen LogP contribution in [0.5, 0.6) is 0 Å². The topological polar surface area (TPSA) is 64.5 Å². The Morgan fingerprint density at radius 3 is 2.74 bits per heavy atom. The third-order valence-corrected chi connectivity index (χ3v) is 7.62. The number of hydrogen-bond acceptors (Lipinski definition) is 4. The predicted octanol–water partition coefficient (Wildman–Crippen LogP) is 5.44. The van der Waals surface area contributed by atoms with E-state index in [2.05, 4.69) is 9.94 Å². The number of carbonyl (C=O) groups is 1. The summed E-state index contributed by atoms with van der Waals surface area (Å²) in [5, 5.41) is 4.44. The van der Waals surface area contributed by atoms with Gasteiger partial charge in [0.2, 0.25) is 5.70 Å². The average molecular weight is 464 g/mol. The van der Waals surface area contributed by atoms with Crippen LogP contribution in [0.2, 0.25) is 0 Å². The van der Waals surface area contributed by atoms with E-state index in [4.69, 9.17) is 16.5 Å². The molecule has 0 spiro atoms. The van der Waals surface area contributed by atoms with Gasteiger partial charge in [-0.25, -0.2) is 23.7 Å². The van der Waals surface area contributed by atoms with Crippen LogP contribution in [0, 0.1) is 24.2 Å². The summed E-state index contributed by atoms with van der Waals surface area (Å²) in [5.74, 6) is -0.316. The zero-order valence-electron chi connectivity index (χ0n) is 19.4. The van der Waals surface area contributed by atoms with Gasteiger partial charge in [-0.1, -0.05) is 38.1 Å². The van der Waals surface area contributed by atoms with E-state index in [9.17, 15) is 4.79 Å². The van der Waals surface area contributed by atoms with Crippen molar-refractivity contribution in [2.45, 2.75) is 32.1 Å². The lowest BCUT2D eigenvalue weighted by atomic mass is 9.58. The first-order valence-corrected chi connectivity index (χ1v) is 11.7. The van der Waals surface area contributed by atoms with Crippen LogP contribution < -0.4 is 0 Å². The summed E-state index contributed by atoms with van der Waals surface area (Å²) in [4.78, 5) is 26.3. The molecule has 0 fully saturated rings. The van der Waals surface area contributed by atoms with E-state index in [1.807, 2.05) is 38.2 Å². The maximum Gasteiger partial charge on any atom is 0.226 e. The molecular weight excluding hydrogens is 441 g/mol. The molecule has 0 amide bonds. The zero-order chi connectivity index (χ0) is 24.3. The van der Waals surface area contributed by atoms with Crippen molar-refractivity contribution in [3.8, 4) is 22.6 Å². The van der Waals surface area contributed by atoms with Gasteiger partial charge in [-0.15, -0.1) is 0 Å². The van der Waals surface area contributed by atoms with Crippen molar-refractivity contribution in [2.75, 3.05) is 0 Å².